The Balaban J connectivity index is 2.81. The molecule has 0 aromatic carbocycles. The van der Waals surface area contributed by atoms with Crippen molar-refractivity contribution in [3.63, 3.8) is 0 Å². The van der Waals surface area contributed by atoms with Crippen molar-refractivity contribution in [2.45, 2.75) is 26.8 Å². The molecule has 1 aromatic heterocycles. The molecule has 0 amide bonds. The minimum absolute atomic E-state index is 0.323. The van der Waals surface area contributed by atoms with E-state index in [1.165, 1.54) is 0 Å². The second-order valence-corrected chi connectivity index (χ2v) is 5.02. The van der Waals surface area contributed by atoms with Crippen molar-refractivity contribution >= 4 is 11.8 Å². The summed E-state index contributed by atoms with van der Waals surface area (Å²) in [5, 5.41) is 0. The molecule has 1 heterocycles. The third-order valence-electron chi connectivity index (χ3n) is 3.06. The first kappa shape index (κ1) is 16.4. The Kier molecular flexibility index (Phi) is 6.45. The predicted octanol–water partition coefficient (Wildman–Crippen LogP) is 2.03. The first-order valence-corrected chi connectivity index (χ1v) is 7.04. The lowest BCUT2D eigenvalue weighted by Gasteiger charge is -2.31. The summed E-state index contributed by atoms with van der Waals surface area (Å²) < 4.78 is 4.96. The second kappa shape index (κ2) is 7.85. The smallest absolute Gasteiger partial charge is 0.339 e. The lowest BCUT2D eigenvalue weighted by Crippen LogP contribution is -2.40. The quantitative estimate of drug-likeness (QED) is 0.715. The summed E-state index contributed by atoms with van der Waals surface area (Å²) in [6.07, 6.45) is 1.58. The third-order valence-corrected chi connectivity index (χ3v) is 3.06. The summed E-state index contributed by atoms with van der Waals surface area (Å²) in [5.41, 5.74) is 0.493. The summed E-state index contributed by atoms with van der Waals surface area (Å²) in [5.74, 6) is 0.561. The highest BCUT2D eigenvalue weighted by molar-refractivity contribution is 5.89. The van der Waals surface area contributed by atoms with Gasteiger partial charge in [0.1, 0.15) is 5.82 Å². The number of carbonyl (C=O) groups excluding carboxylic acids is 1. The van der Waals surface area contributed by atoms with E-state index < -0.39 is 0 Å². The molecule has 5 heteroatoms. The fourth-order valence-electron chi connectivity index (χ4n) is 2.22. The third kappa shape index (κ3) is 4.49. The van der Waals surface area contributed by atoms with Gasteiger partial charge in [-0.3, -0.25) is 0 Å². The van der Waals surface area contributed by atoms with Crippen molar-refractivity contribution < 1.29 is 9.53 Å². The van der Waals surface area contributed by atoms with Gasteiger partial charge in [-0.25, -0.2) is 9.78 Å². The lowest BCUT2D eigenvalue weighted by molar-refractivity contribution is 0.0526. The molecule has 0 fully saturated rings. The highest BCUT2D eigenvalue weighted by atomic mass is 16.5. The van der Waals surface area contributed by atoms with E-state index in [1.807, 2.05) is 6.07 Å². The van der Waals surface area contributed by atoms with Gasteiger partial charge in [0.05, 0.1) is 12.2 Å². The fraction of sp³-hybridized carbons (Fsp3) is 0.600. The Morgan fingerprint density at radius 1 is 1.35 bits per heavy atom. The molecule has 0 aliphatic carbocycles. The molecule has 0 bridgehead atoms. The molecule has 112 valence electrons. The average molecular weight is 279 g/mol. The van der Waals surface area contributed by atoms with Crippen LogP contribution >= 0.6 is 0 Å². The van der Waals surface area contributed by atoms with Crippen LogP contribution in [0.1, 0.15) is 31.1 Å². The van der Waals surface area contributed by atoms with E-state index in [0.717, 1.165) is 18.9 Å². The van der Waals surface area contributed by atoms with Crippen LogP contribution in [0.25, 0.3) is 0 Å². The number of anilines is 1. The zero-order valence-electron chi connectivity index (χ0n) is 13.1. The number of carbonyl (C=O) groups is 1. The molecule has 0 radical (unpaired) electrons. The number of hydrogen-bond acceptors (Lipinski definition) is 5. The molecule has 1 aromatic rings. The van der Waals surface area contributed by atoms with Gasteiger partial charge in [-0.2, -0.15) is 0 Å². The fourth-order valence-corrected chi connectivity index (χ4v) is 2.22. The Morgan fingerprint density at radius 3 is 2.50 bits per heavy atom. The van der Waals surface area contributed by atoms with Gasteiger partial charge in [0.25, 0.3) is 0 Å². The lowest BCUT2D eigenvalue weighted by atomic mass is 10.2. The standard InChI is InChI=1S/C15H25N3O2/c1-6-18(12(3)11-17(4)5)14-9-8-13(10-16-14)15(19)20-7-2/h8-10,12H,6-7,11H2,1-5H3. The van der Waals surface area contributed by atoms with E-state index in [9.17, 15) is 4.79 Å². The maximum atomic E-state index is 11.6. The summed E-state index contributed by atoms with van der Waals surface area (Å²) in [4.78, 5) is 20.4. The van der Waals surface area contributed by atoms with Gasteiger partial charge in [0, 0.05) is 25.3 Å². The van der Waals surface area contributed by atoms with Gasteiger partial charge in [0.2, 0.25) is 0 Å². The number of rotatable bonds is 7. The van der Waals surface area contributed by atoms with Gasteiger partial charge < -0.3 is 14.5 Å². The Morgan fingerprint density at radius 2 is 2.05 bits per heavy atom. The first-order chi connectivity index (χ1) is 9.49. The average Bonchev–Trinajstić information content (AvgIpc) is 2.39. The number of ether oxygens (including phenoxy) is 1. The Bertz CT molecular complexity index is 418. The molecule has 0 saturated carbocycles. The molecule has 5 nitrogen and oxygen atoms in total. The van der Waals surface area contributed by atoms with Crippen LogP contribution in [-0.4, -0.2) is 55.7 Å². The van der Waals surface area contributed by atoms with Gasteiger partial charge in [-0.15, -0.1) is 0 Å². The molecular weight excluding hydrogens is 254 g/mol. The van der Waals surface area contributed by atoms with Crippen LogP contribution in [0.15, 0.2) is 18.3 Å². The van der Waals surface area contributed by atoms with Crippen molar-refractivity contribution in [2.24, 2.45) is 0 Å². The molecular formula is C15H25N3O2. The highest BCUT2D eigenvalue weighted by Gasteiger charge is 2.15. The number of nitrogens with zero attached hydrogens (tertiary/aromatic N) is 3. The minimum atomic E-state index is -0.323. The summed E-state index contributed by atoms with van der Waals surface area (Å²) >= 11 is 0. The molecule has 0 saturated heterocycles. The monoisotopic (exact) mass is 279 g/mol. The summed E-state index contributed by atoms with van der Waals surface area (Å²) in [6, 6.07) is 4.00. The van der Waals surface area contributed by atoms with E-state index >= 15 is 0 Å². The van der Waals surface area contributed by atoms with Crippen molar-refractivity contribution in [1.82, 2.24) is 9.88 Å². The van der Waals surface area contributed by atoms with Crippen molar-refractivity contribution in [1.29, 1.82) is 0 Å². The molecule has 1 rings (SSSR count). The second-order valence-electron chi connectivity index (χ2n) is 5.02. The van der Waals surface area contributed by atoms with Gasteiger partial charge in [-0.05, 0) is 47.0 Å². The van der Waals surface area contributed by atoms with Crippen LogP contribution in [0.2, 0.25) is 0 Å². The molecule has 1 atom stereocenters. The zero-order valence-corrected chi connectivity index (χ0v) is 13.1. The van der Waals surface area contributed by atoms with Crippen molar-refractivity contribution in [3.05, 3.63) is 23.9 Å². The molecule has 0 N–H and O–H groups in total. The van der Waals surface area contributed by atoms with Crippen molar-refractivity contribution in [2.75, 3.05) is 38.7 Å². The number of hydrogen-bond donors (Lipinski definition) is 0. The van der Waals surface area contributed by atoms with Crippen LogP contribution in [0.5, 0.6) is 0 Å². The normalized spacial score (nSPS) is 12.3. The van der Waals surface area contributed by atoms with E-state index in [0.29, 0.717) is 18.2 Å². The number of pyridine rings is 1. The predicted molar refractivity (Wildman–Crippen MR) is 81.2 cm³/mol. The van der Waals surface area contributed by atoms with E-state index in [1.54, 1.807) is 19.2 Å². The highest BCUT2D eigenvalue weighted by Crippen LogP contribution is 2.15. The summed E-state index contributed by atoms with van der Waals surface area (Å²) in [7, 11) is 4.11. The summed E-state index contributed by atoms with van der Waals surface area (Å²) in [6.45, 7) is 8.27. The number of likely N-dealkylation sites (N-methyl/N-ethyl adjacent to an activating group) is 2. The topological polar surface area (TPSA) is 45.7 Å². The molecule has 0 spiro atoms. The Hall–Kier alpha value is -1.62. The van der Waals surface area contributed by atoms with Crippen molar-refractivity contribution in [3.8, 4) is 0 Å². The maximum absolute atomic E-state index is 11.6. The van der Waals surface area contributed by atoms with Crippen LogP contribution < -0.4 is 4.90 Å². The molecule has 20 heavy (non-hydrogen) atoms. The zero-order chi connectivity index (χ0) is 15.1. The number of aromatic nitrogens is 1. The largest absolute Gasteiger partial charge is 0.462 e. The van der Waals surface area contributed by atoms with Crippen LogP contribution in [0.4, 0.5) is 5.82 Å². The van der Waals surface area contributed by atoms with Crippen LogP contribution in [0.3, 0.4) is 0 Å². The van der Waals surface area contributed by atoms with Crippen LogP contribution in [-0.2, 0) is 4.74 Å². The van der Waals surface area contributed by atoms with Crippen LogP contribution in [0, 0.1) is 0 Å². The van der Waals surface area contributed by atoms with E-state index in [4.69, 9.17) is 4.74 Å². The Labute approximate surface area is 121 Å². The minimum Gasteiger partial charge on any atom is -0.462 e. The number of esters is 1. The van der Waals surface area contributed by atoms with Gasteiger partial charge >= 0.3 is 5.97 Å². The van der Waals surface area contributed by atoms with Gasteiger partial charge in [-0.1, -0.05) is 0 Å². The van der Waals surface area contributed by atoms with E-state index in [2.05, 4.69) is 42.7 Å². The van der Waals surface area contributed by atoms with Gasteiger partial charge in [0.15, 0.2) is 0 Å². The molecule has 0 aliphatic heterocycles. The maximum Gasteiger partial charge on any atom is 0.339 e. The molecule has 0 aliphatic rings. The SMILES string of the molecule is CCOC(=O)c1ccc(N(CC)C(C)CN(C)C)nc1. The molecule has 1 unspecified atom stereocenters. The van der Waals surface area contributed by atoms with E-state index in [-0.39, 0.29) is 5.97 Å². The first-order valence-electron chi connectivity index (χ1n) is 7.04.